The van der Waals surface area contributed by atoms with Crippen LogP contribution in [0.25, 0.3) is 0 Å². The summed E-state index contributed by atoms with van der Waals surface area (Å²) in [6.07, 6.45) is 1.19. The topological polar surface area (TPSA) is 47.3 Å². The summed E-state index contributed by atoms with van der Waals surface area (Å²) in [5.41, 5.74) is 2.74. The van der Waals surface area contributed by atoms with Gasteiger partial charge in [-0.2, -0.15) is 5.26 Å². The van der Waals surface area contributed by atoms with E-state index in [2.05, 4.69) is 11.0 Å². The van der Waals surface area contributed by atoms with Crippen LogP contribution in [0.1, 0.15) is 23.1 Å². The zero-order valence-corrected chi connectivity index (χ0v) is 16.5. The van der Waals surface area contributed by atoms with E-state index in [1.807, 2.05) is 29.2 Å². The molecule has 6 heteroatoms. The van der Waals surface area contributed by atoms with Gasteiger partial charge in [-0.3, -0.25) is 9.69 Å². The van der Waals surface area contributed by atoms with Gasteiger partial charge in [-0.1, -0.05) is 47.5 Å². The summed E-state index contributed by atoms with van der Waals surface area (Å²) in [5, 5.41) is 10.0. The van der Waals surface area contributed by atoms with Crippen molar-refractivity contribution in [2.45, 2.75) is 19.4 Å². The molecule has 1 fully saturated rings. The number of carbonyl (C=O) groups excluding carboxylic acids is 1. The molecule has 0 bridgehead atoms. The van der Waals surface area contributed by atoms with Gasteiger partial charge >= 0.3 is 0 Å². The van der Waals surface area contributed by atoms with Gasteiger partial charge in [-0.15, -0.1) is 0 Å². The highest BCUT2D eigenvalue weighted by Crippen LogP contribution is 2.26. The van der Waals surface area contributed by atoms with Crippen LogP contribution in [0.3, 0.4) is 0 Å². The molecule has 140 valence electrons. The number of nitrogens with zero attached hydrogens (tertiary/aromatic N) is 3. The molecule has 0 N–H and O–H groups in total. The first-order valence-corrected chi connectivity index (χ1v) is 9.74. The number of nitriles is 1. The molecule has 0 aliphatic carbocycles. The number of aryl methyl sites for hydroxylation is 1. The van der Waals surface area contributed by atoms with Gasteiger partial charge in [0.15, 0.2) is 0 Å². The molecular formula is C21H21Cl2N3O. The SMILES string of the molecule is N#Cc1ccc(CCC(=O)N2CCN(Cc3cccc(Cl)c3Cl)CC2)cc1. The second-order valence-electron chi connectivity index (χ2n) is 6.68. The molecule has 2 aromatic carbocycles. The van der Waals surface area contributed by atoms with Crippen molar-refractivity contribution in [3.8, 4) is 6.07 Å². The van der Waals surface area contributed by atoms with E-state index in [-0.39, 0.29) is 5.91 Å². The zero-order valence-electron chi connectivity index (χ0n) is 15.0. The predicted molar refractivity (Wildman–Crippen MR) is 108 cm³/mol. The highest BCUT2D eigenvalue weighted by Gasteiger charge is 2.21. The fourth-order valence-corrected chi connectivity index (χ4v) is 3.60. The summed E-state index contributed by atoms with van der Waals surface area (Å²) >= 11 is 12.3. The molecule has 0 radical (unpaired) electrons. The standard InChI is InChI=1S/C21H21Cl2N3O/c22-19-3-1-2-18(21(19)23)15-25-10-12-26(13-11-25)20(27)9-8-16-4-6-17(14-24)7-5-16/h1-7H,8-13,15H2. The van der Waals surface area contributed by atoms with Crippen molar-refractivity contribution in [1.82, 2.24) is 9.80 Å². The zero-order chi connectivity index (χ0) is 19.2. The lowest BCUT2D eigenvalue weighted by Gasteiger charge is -2.35. The fraction of sp³-hybridized carbons (Fsp3) is 0.333. The van der Waals surface area contributed by atoms with Gasteiger partial charge in [0.1, 0.15) is 0 Å². The Morgan fingerprint density at radius 2 is 1.74 bits per heavy atom. The minimum absolute atomic E-state index is 0.180. The summed E-state index contributed by atoms with van der Waals surface area (Å²) < 4.78 is 0. The van der Waals surface area contributed by atoms with Gasteiger partial charge in [-0.05, 0) is 35.7 Å². The van der Waals surface area contributed by atoms with E-state index in [1.165, 1.54) is 0 Å². The second kappa shape index (κ2) is 9.23. The third kappa shape index (κ3) is 5.23. The fourth-order valence-electron chi connectivity index (χ4n) is 3.22. The van der Waals surface area contributed by atoms with Crippen LogP contribution in [0.15, 0.2) is 42.5 Å². The number of piperazine rings is 1. The Bertz CT molecular complexity index is 837. The smallest absolute Gasteiger partial charge is 0.222 e. The van der Waals surface area contributed by atoms with E-state index in [0.29, 0.717) is 28.5 Å². The maximum absolute atomic E-state index is 12.5. The Balaban J connectivity index is 1.46. The maximum Gasteiger partial charge on any atom is 0.222 e. The van der Waals surface area contributed by atoms with E-state index in [9.17, 15) is 4.79 Å². The number of rotatable bonds is 5. The molecular weight excluding hydrogens is 381 g/mol. The van der Waals surface area contributed by atoms with Crippen LogP contribution >= 0.6 is 23.2 Å². The van der Waals surface area contributed by atoms with Crippen molar-refractivity contribution in [2.24, 2.45) is 0 Å². The third-order valence-corrected chi connectivity index (χ3v) is 5.72. The van der Waals surface area contributed by atoms with E-state index >= 15 is 0 Å². The minimum Gasteiger partial charge on any atom is -0.340 e. The molecule has 0 unspecified atom stereocenters. The van der Waals surface area contributed by atoms with E-state index < -0.39 is 0 Å². The minimum atomic E-state index is 0.180. The third-order valence-electron chi connectivity index (χ3n) is 4.86. The normalized spacial score (nSPS) is 14.8. The van der Waals surface area contributed by atoms with Crippen LogP contribution in [0.2, 0.25) is 10.0 Å². The molecule has 0 aromatic heterocycles. The Kier molecular flexibility index (Phi) is 6.73. The van der Waals surface area contributed by atoms with Gasteiger partial charge in [-0.25, -0.2) is 0 Å². The average Bonchev–Trinajstić information content (AvgIpc) is 2.70. The van der Waals surface area contributed by atoms with Gasteiger partial charge in [0.2, 0.25) is 5.91 Å². The van der Waals surface area contributed by atoms with Crippen LogP contribution in [0, 0.1) is 11.3 Å². The number of carbonyl (C=O) groups is 1. The lowest BCUT2D eigenvalue weighted by molar-refractivity contribution is -0.133. The van der Waals surface area contributed by atoms with Crippen molar-refractivity contribution in [3.63, 3.8) is 0 Å². The number of hydrogen-bond donors (Lipinski definition) is 0. The number of benzene rings is 2. The Labute approximate surface area is 169 Å². The quantitative estimate of drug-likeness (QED) is 0.755. The molecule has 4 nitrogen and oxygen atoms in total. The molecule has 2 aromatic rings. The predicted octanol–water partition coefficient (Wildman–Crippen LogP) is 4.14. The highest BCUT2D eigenvalue weighted by atomic mass is 35.5. The van der Waals surface area contributed by atoms with Crippen molar-refractivity contribution in [1.29, 1.82) is 5.26 Å². The van der Waals surface area contributed by atoms with Crippen molar-refractivity contribution in [2.75, 3.05) is 26.2 Å². The van der Waals surface area contributed by atoms with Crippen molar-refractivity contribution >= 4 is 29.1 Å². The highest BCUT2D eigenvalue weighted by molar-refractivity contribution is 6.42. The van der Waals surface area contributed by atoms with Crippen LogP contribution in [-0.4, -0.2) is 41.9 Å². The largest absolute Gasteiger partial charge is 0.340 e. The first-order chi connectivity index (χ1) is 13.1. The molecule has 0 saturated carbocycles. The van der Waals surface area contributed by atoms with E-state index in [1.54, 1.807) is 18.2 Å². The lowest BCUT2D eigenvalue weighted by atomic mass is 10.1. The molecule has 0 atom stereocenters. The summed E-state index contributed by atoms with van der Waals surface area (Å²) in [6.45, 7) is 3.85. The molecule has 3 rings (SSSR count). The molecule has 1 aliphatic rings. The van der Waals surface area contributed by atoms with Crippen LogP contribution in [-0.2, 0) is 17.8 Å². The number of halogens is 2. The molecule has 1 heterocycles. The molecule has 1 saturated heterocycles. The van der Waals surface area contributed by atoms with Gasteiger partial charge in [0, 0.05) is 39.1 Å². The van der Waals surface area contributed by atoms with Crippen LogP contribution in [0.5, 0.6) is 0 Å². The number of hydrogen-bond acceptors (Lipinski definition) is 3. The first kappa shape index (κ1) is 19.7. The monoisotopic (exact) mass is 401 g/mol. The molecule has 1 aliphatic heterocycles. The summed E-state index contributed by atoms with van der Waals surface area (Å²) in [7, 11) is 0. The van der Waals surface area contributed by atoms with Crippen molar-refractivity contribution in [3.05, 3.63) is 69.2 Å². The molecule has 27 heavy (non-hydrogen) atoms. The first-order valence-electron chi connectivity index (χ1n) is 8.99. The Morgan fingerprint density at radius 3 is 2.41 bits per heavy atom. The van der Waals surface area contributed by atoms with Crippen molar-refractivity contribution < 1.29 is 4.79 Å². The maximum atomic E-state index is 12.5. The van der Waals surface area contributed by atoms with Gasteiger partial charge in [0.25, 0.3) is 0 Å². The van der Waals surface area contributed by atoms with Crippen LogP contribution in [0.4, 0.5) is 0 Å². The lowest BCUT2D eigenvalue weighted by Crippen LogP contribution is -2.48. The van der Waals surface area contributed by atoms with Gasteiger partial charge in [0.05, 0.1) is 21.7 Å². The van der Waals surface area contributed by atoms with Gasteiger partial charge < -0.3 is 4.90 Å². The Morgan fingerprint density at radius 1 is 1.04 bits per heavy atom. The summed E-state index contributed by atoms with van der Waals surface area (Å²) in [5.74, 6) is 0.180. The average molecular weight is 402 g/mol. The second-order valence-corrected chi connectivity index (χ2v) is 7.46. The summed E-state index contributed by atoms with van der Waals surface area (Å²) in [4.78, 5) is 16.7. The summed E-state index contributed by atoms with van der Waals surface area (Å²) in [6, 6.07) is 15.2. The molecule has 0 spiro atoms. The van der Waals surface area contributed by atoms with Crippen LogP contribution < -0.4 is 0 Å². The Hall–Kier alpha value is -2.06. The van der Waals surface area contributed by atoms with E-state index in [0.717, 1.165) is 43.9 Å². The molecule has 1 amide bonds. The number of amides is 1. The van der Waals surface area contributed by atoms with E-state index in [4.69, 9.17) is 28.5 Å².